The van der Waals surface area contributed by atoms with E-state index in [4.69, 9.17) is 4.42 Å². The zero-order valence-electron chi connectivity index (χ0n) is 13.9. The number of pyridine rings is 1. The van der Waals surface area contributed by atoms with Gasteiger partial charge in [0.1, 0.15) is 0 Å². The van der Waals surface area contributed by atoms with Gasteiger partial charge >= 0.3 is 0 Å². The first-order chi connectivity index (χ1) is 12.3. The summed E-state index contributed by atoms with van der Waals surface area (Å²) in [6.45, 7) is 3.30. The number of aromatic nitrogens is 4. The summed E-state index contributed by atoms with van der Waals surface area (Å²) in [5, 5.41) is 12.0. The average Bonchev–Trinajstić information content (AvgIpc) is 3.30. The molecule has 0 radical (unpaired) electrons. The highest BCUT2D eigenvalue weighted by molar-refractivity contribution is 7.99. The molecule has 130 valence electrons. The second kappa shape index (κ2) is 8.48. The molecule has 0 aliphatic carbocycles. The summed E-state index contributed by atoms with van der Waals surface area (Å²) in [5.41, 5.74) is 1.10. The minimum Gasteiger partial charge on any atom is -0.461 e. The average molecular weight is 357 g/mol. The molecule has 7 nitrogen and oxygen atoms in total. The Morgan fingerprint density at radius 3 is 2.96 bits per heavy atom. The van der Waals surface area contributed by atoms with Crippen LogP contribution in [0.25, 0.3) is 11.6 Å². The van der Waals surface area contributed by atoms with Gasteiger partial charge in [-0.25, -0.2) is 0 Å². The van der Waals surface area contributed by atoms with Crippen LogP contribution in [0, 0.1) is 0 Å². The van der Waals surface area contributed by atoms with Crippen molar-refractivity contribution in [3.63, 3.8) is 0 Å². The minimum absolute atomic E-state index is 0.0286. The van der Waals surface area contributed by atoms with E-state index in [1.165, 1.54) is 11.8 Å². The van der Waals surface area contributed by atoms with E-state index in [0.29, 0.717) is 35.6 Å². The van der Waals surface area contributed by atoms with Crippen LogP contribution in [0.15, 0.2) is 52.5 Å². The fourth-order valence-electron chi connectivity index (χ4n) is 2.34. The first-order valence-corrected chi connectivity index (χ1v) is 9.02. The molecule has 3 heterocycles. The zero-order chi connectivity index (χ0) is 17.5. The standard InChI is InChI=1S/C17H19N5O2S/c1-2-22-16(14-6-4-10-24-14)20-21-17(22)25-12-15(23)19-9-7-13-5-3-8-18-11-13/h3-6,8,10-11H,2,7,9,12H2,1H3,(H,19,23). The number of nitrogens with one attached hydrogen (secondary N) is 1. The smallest absolute Gasteiger partial charge is 0.230 e. The van der Waals surface area contributed by atoms with Crippen LogP contribution in [0.5, 0.6) is 0 Å². The van der Waals surface area contributed by atoms with Crippen LogP contribution in [0.3, 0.4) is 0 Å². The van der Waals surface area contributed by atoms with Crippen LogP contribution < -0.4 is 5.32 Å². The largest absolute Gasteiger partial charge is 0.461 e. The lowest BCUT2D eigenvalue weighted by molar-refractivity contribution is -0.118. The van der Waals surface area contributed by atoms with Crippen molar-refractivity contribution in [2.24, 2.45) is 0 Å². The number of rotatable bonds is 8. The fourth-order valence-corrected chi connectivity index (χ4v) is 3.17. The summed E-state index contributed by atoms with van der Waals surface area (Å²) in [5.74, 6) is 1.61. The third-order valence-electron chi connectivity index (χ3n) is 3.57. The van der Waals surface area contributed by atoms with Crippen molar-refractivity contribution < 1.29 is 9.21 Å². The van der Waals surface area contributed by atoms with E-state index in [0.717, 1.165) is 12.0 Å². The zero-order valence-corrected chi connectivity index (χ0v) is 14.7. The van der Waals surface area contributed by atoms with E-state index in [-0.39, 0.29) is 5.91 Å². The molecule has 0 bridgehead atoms. The summed E-state index contributed by atoms with van der Waals surface area (Å²) >= 11 is 1.37. The van der Waals surface area contributed by atoms with Gasteiger partial charge < -0.3 is 9.73 Å². The molecule has 25 heavy (non-hydrogen) atoms. The van der Waals surface area contributed by atoms with Gasteiger partial charge in [0.15, 0.2) is 16.7 Å². The maximum absolute atomic E-state index is 12.0. The third-order valence-corrected chi connectivity index (χ3v) is 4.53. The summed E-state index contributed by atoms with van der Waals surface area (Å²) < 4.78 is 7.32. The molecule has 1 N–H and O–H groups in total. The van der Waals surface area contributed by atoms with E-state index in [2.05, 4.69) is 20.5 Å². The molecule has 0 aliphatic rings. The Morgan fingerprint density at radius 2 is 2.24 bits per heavy atom. The number of nitrogens with zero attached hydrogens (tertiary/aromatic N) is 4. The molecule has 0 saturated heterocycles. The monoisotopic (exact) mass is 357 g/mol. The topological polar surface area (TPSA) is 85.8 Å². The number of furan rings is 1. The number of carbonyl (C=O) groups is 1. The lowest BCUT2D eigenvalue weighted by Crippen LogP contribution is -2.27. The molecular weight excluding hydrogens is 338 g/mol. The van der Waals surface area contributed by atoms with Crippen LogP contribution in [-0.4, -0.2) is 38.0 Å². The summed E-state index contributed by atoms with van der Waals surface area (Å²) in [6, 6.07) is 7.54. The third kappa shape index (κ3) is 4.48. The normalized spacial score (nSPS) is 10.8. The van der Waals surface area contributed by atoms with Crippen molar-refractivity contribution in [3.05, 3.63) is 48.5 Å². The number of hydrogen-bond donors (Lipinski definition) is 1. The molecule has 0 saturated carbocycles. The second-order valence-electron chi connectivity index (χ2n) is 5.28. The molecule has 0 aliphatic heterocycles. The van der Waals surface area contributed by atoms with E-state index >= 15 is 0 Å². The van der Waals surface area contributed by atoms with Crippen LogP contribution in [0.4, 0.5) is 0 Å². The number of amides is 1. The van der Waals surface area contributed by atoms with Crippen LogP contribution >= 0.6 is 11.8 Å². The molecule has 3 aromatic rings. The van der Waals surface area contributed by atoms with Crippen molar-refractivity contribution in [2.45, 2.75) is 25.0 Å². The van der Waals surface area contributed by atoms with Crippen LogP contribution in [0.1, 0.15) is 12.5 Å². The molecule has 3 aromatic heterocycles. The molecule has 0 spiro atoms. The maximum atomic E-state index is 12.0. The summed E-state index contributed by atoms with van der Waals surface area (Å²) in [6.07, 6.45) is 5.91. The molecule has 0 aromatic carbocycles. The molecule has 0 fully saturated rings. The van der Waals surface area contributed by atoms with E-state index in [9.17, 15) is 4.79 Å². The summed E-state index contributed by atoms with van der Waals surface area (Å²) in [7, 11) is 0. The SMILES string of the molecule is CCn1c(SCC(=O)NCCc2cccnc2)nnc1-c1ccco1. The predicted molar refractivity (Wildman–Crippen MR) is 95.1 cm³/mol. The Labute approximate surface area is 149 Å². The minimum atomic E-state index is -0.0286. The molecule has 8 heteroatoms. The molecule has 0 atom stereocenters. The van der Waals surface area contributed by atoms with Gasteiger partial charge in [-0.1, -0.05) is 17.8 Å². The van der Waals surface area contributed by atoms with Gasteiger partial charge in [-0.2, -0.15) is 0 Å². The van der Waals surface area contributed by atoms with Crippen LogP contribution in [0.2, 0.25) is 0 Å². The van der Waals surface area contributed by atoms with Gasteiger partial charge in [0.05, 0.1) is 12.0 Å². The van der Waals surface area contributed by atoms with Gasteiger partial charge in [0, 0.05) is 25.5 Å². The molecule has 3 rings (SSSR count). The molecule has 0 unspecified atom stereocenters. The van der Waals surface area contributed by atoms with Crippen molar-refractivity contribution in [1.82, 2.24) is 25.1 Å². The highest BCUT2D eigenvalue weighted by Crippen LogP contribution is 2.23. The Bertz CT molecular complexity index is 802. The van der Waals surface area contributed by atoms with Crippen molar-refractivity contribution in [3.8, 4) is 11.6 Å². The molecule has 1 amide bonds. The highest BCUT2D eigenvalue weighted by atomic mass is 32.2. The van der Waals surface area contributed by atoms with Gasteiger partial charge in [-0.3, -0.25) is 14.3 Å². The van der Waals surface area contributed by atoms with Crippen LogP contribution in [-0.2, 0) is 17.8 Å². The number of thioether (sulfide) groups is 1. The van der Waals surface area contributed by atoms with Crippen molar-refractivity contribution in [1.29, 1.82) is 0 Å². The Kier molecular flexibility index (Phi) is 5.84. The first-order valence-electron chi connectivity index (χ1n) is 8.03. The molecular formula is C17H19N5O2S. The second-order valence-corrected chi connectivity index (χ2v) is 6.22. The number of hydrogen-bond acceptors (Lipinski definition) is 6. The first kappa shape index (κ1) is 17.2. The lowest BCUT2D eigenvalue weighted by atomic mass is 10.2. The van der Waals surface area contributed by atoms with Gasteiger partial charge in [0.25, 0.3) is 0 Å². The van der Waals surface area contributed by atoms with E-state index in [1.807, 2.05) is 35.8 Å². The Morgan fingerprint density at radius 1 is 1.32 bits per heavy atom. The van der Waals surface area contributed by atoms with E-state index < -0.39 is 0 Å². The van der Waals surface area contributed by atoms with E-state index in [1.54, 1.807) is 18.7 Å². The van der Waals surface area contributed by atoms with Crippen molar-refractivity contribution in [2.75, 3.05) is 12.3 Å². The predicted octanol–water partition coefficient (Wildman–Crippen LogP) is 2.40. The van der Waals surface area contributed by atoms with Gasteiger partial charge in [-0.15, -0.1) is 10.2 Å². The Balaban J connectivity index is 1.50. The highest BCUT2D eigenvalue weighted by Gasteiger charge is 2.16. The van der Waals surface area contributed by atoms with Gasteiger partial charge in [-0.05, 0) is 37.1 Å². The maximum Gasteiger partial charge on any atom is 0.230 e. The number of carbonyl (C=O) groups excluding carboxylic acids is 1. The van der Waals surface area contributed by atoms with Gasteiger partial charge in [0.2, 0.25) is 5.91 Å². The fraction of sp³-hybridized carbons (Fsp3) is 0.294. The summed E-state index contributed by atoms with van der Waals surface area (Å²) in [4.78, 5) is 16.1. The Hall–Kier alpha value is -2.61. The quantitative estimate of drug-likeness (QED) is 0.623. The lowest BCUT2D eigenvalue weighted by Gasteiger charge is -2.07. The van der Waals surface area contributed by atoms with Crippen molar-refractivity contribution >= 4 is 17.7 Å².